The molecule has 1 atom stereocenters. The van der Waals surface area contributed by atoms with Gasteiger partial charge in [0.15, 0.2) is 4.21 Å². The third-order valence-electron chi connectivity index (χ3n) is 3.61. The van der Waals surface area contributed by atoms with Gasteiger partial charge in [-0.3, -0.25) is 4.79 Å². The van der Waals surface area contributed by atoms with Gasteiger partial charge >= 0.3 is 0 Å². The summed E-state index contributed by atoms with van der Waals surface area (Å²) in [6.07, 6.45) is 1.45. The van der Waals surface area contributed by atoms with Crippen LogP contribution in [0.2, 0.25) is 0 Å². The minimum absolute atomic E-state index is 0.00731. The van der Waals surface area contributed by atoms with E-state index in [2.05, 4.69) is 4.98 Å². The number of piperidine rings is 1. The van der Waals surface area contributed by atoms with Crippen molar-refractivity contribution in [2.75, 3.05) is 27.2 Å². The summed E-state index contributed by atoms with van der Waals surface area (Å²) >= 11 is 1.19. The average molecular weight is 331 g/mol. The fourth-order valence-corrected chi connectivity index (χ4v) is 5.74. The molecule has 1 aromatic rings. The van der Waals surface area contributed by atoms with Crippen LogP contribution in [0.1, 0.15) is 23.5 Å². The van der Waals surface area contributed by atoms with Crippen LogP contribution in [0.15, 0.2) is 4.21 Å². The molecule has 6 nitrogen and oxygen atoms in total. The summed E-state index contributed by atoms with van der Waals surface area (Å²) in [6.45, 7) is 4.24. The van der Waals surface area contributed by atoms with Crippen LogP contribution < -0.4 is 0 Å². The fourth-order valence-electron chi connectivity index (χ4n) is 2.60. The Labute approximate surface area is 129 Å². The minimum atomic E-state index is -3.55. The summed E-state index contributed by atoms with van der Waals surface area (Å²) in [5, 5.41) is 0.740. The lowest BCUT2D eigenvalue weighted by Gasteiger charge is -2.32. The molecule has 0 N–H and O–H groups in total. The summed E-state index contributed by atoms with van der Waals surface area (Å²) in [4.78, 5) is 17.8. The van der Waals surface area contributed by atoms with Crippen LogP contribution in [-0.4, -0.2) is 55.7 Å². The average Bonchev–Trinajstić information content (AvgIpc) is 2.77. The standard InChI is InChI=1S/C13H21N3O3S2/c1-9-13(20-10(2)14-9)21(18,19)16-7-5-6-11(8-16)12(17)15(3)4/h11H,5-8H2,1-4H3. The van der Waals surface area contributed by atoms with Gasteiger partial charge in [-0.1, -0.05) is 0 Å². The maximum Gasteiger partial charge on any atom is 0.254 e. The zero-order valence-electron chi connectivity index (χ0n) is 12.8. The van der Waals surface area contributed by atoms with Crippen LogP contribution in [0.25, 0.3) is 0 Å². The molecule has 1 aliphatic rings. The van der Waals surface area contributed by atoms with Gasteiger partial charge in [-0.2, -0.15) is 4.31 Å². The number of sulfonamides is 1. The molecular formula is C13H21N3O3S2. The quantitative estimate of drug-likeness (QED) is 0.836. The molecule has 0 bridgehead atoms. The number of nitrogens with zero attached hydrogens (tertiary/aromatic N) is 3. The molecule has 2 rings (SSSR count). The van der Waals surface area contributed by atoms with Crippen LogP contribution in [-0.2, 0) is 14.8 Å². The Balaban J connectivity index is 2.25. The lowest BCUT2D eigenvalue weighted by atomic mass is 9.98. The highest BCUT2D eigenvalue weighted by Crippen LogP contribution is 2.29. The van der Waals surface area contributed by atoms with Crippen molar-refractivity contribution in [2.45, 2.75) is 30.9 Å². The second kappa shape index (κ2) is 6.02. The Bertz CT molecular complexity index is 637. The first-order valence-electron chi connectivity index (χ1n) is 6.89. The first kappa shape index (κ1) is 16.4. The number of hydrogen-bond acceptors (Lipinski definition) is 5. The van der Waals surface area contributed by atoms with Crippen molar-refractivity contribution < 1.29 is 13.2 Å². The van der Waals surface area contributed by atoms with Crippen molar-refractivity contribution >= 4 is 27.3 Å². The Hall–Kier alpha value is -0.990. The molecule has 0 aliphatic carbocycles. The van der Waals surface area contributed by atoms with Crippen molar-refractivity contribution in [1.82, 2.24) is 14.2 Å². The molecule has 0 spiro atoms. The molecule has 0 radical (unpaired) electrons. The summed E-state index contributed by atoms with van der Waals surface area (Å²) in [6, 6.07) is 0. The van der Waals surface area contributed by atoms with Gasteiger partial charge in [0.2, 0.25) is 5.91 Å². The van der Waals surface area contributed by atoms with Gasteiger partial charge in [0, 0.05) is 27.2 Å². The molecule has 118 valence electrons. The van der Waals surface area contributed by atoms with Crippen molar-refractivity contribution in [3.05, 3.63) is 10.7 Å². The fraction of sp³-hybridized carbons (Fsp3) is 0.692. The number of hydrogen-bond donors (Lipinski definition) is 0. The monoisotopic (exact) mass is 331 g/mol. The molecule has 0 aromatic carbocycles. The van der Waals surface area contributed by atoms with Crippen molar-refractivity contribution in [3.8, 4) is 0 Å². The number of aromatic nitrogens is 1. The number of carbonyl (C=O) groups excluding carboxylic acids is 1. The van der Waals surface area contributed by atoms with Gasteiger partial charge in [0.05, 0.1) is 16.6 Å². The van der Waals surface area contributed by atoms with Crippen LogP contribution in [0.3, 0.4) is 0 Å². The summed E-state index contributed by atoms with van der Waals surface area (Å²) in [7, 11) is -0.144. The van der Waals surface area contributed by atoms with E-state index >= 15 is 0 Å². The number of amides is 1. The van der Waals surface area contributed by atoms with Crippen LogP contribution in [0.4, 0.5) is 0 Å². The predicted octanol–water partition coefficient (Wildman–Crippen LogP) is 1.25. The Morgan fingerprint density at radius 3 is 2.57 bits per heavy atom. The lowest BCUT2D eigenvalue weighted by Crippen LogP contribution is -2.45. The summed E-state index contributed by atoms with van der Waals surface area (Å²) in [5.74, 6) is -0.259. The molecular weight excluding hydrogens is 310 g/mol. The Morgan fingerprint density at radius 2 is 2.05 bits per heavy atom. The topological polar surface area (TPSA) is 70.6 Å². The third-order valence-corrected chi connectivity index (χ3v) is 7.13. The first-order chi connectivity index (χ1) is 9.73. The molecule has 1 aromatic heterocycles. The van der Waals surface area contributed by atoms with E-state index in [1.807, 2.05) is 0 Å². The minimum Gasteiger partial charge on any atom is -0.349 e. The van der Waals surface area contributed by atoms with E-state index < -0.39 is 10.0 Å². The molecule has 8 heteroatoms. The van der Waals surface area contributed by atoms with Crippen LogP contribution >= 0.6 is 11.3 Å². The van der Waals surface area contributed by atoms with E-state index in [1.54, 1.807) is 27.9 Å². The zero-order valence-corrected chi connectivity index (χ0v) is 14.4. The van der Waals surface area contributed by atoms with E-state index in [1.165, 1.54) is 20.5 Å². The van der Waals surface area contributed by atoms with E-state index in [0.717, 1.165) is 11.4 Å². The Morgan fingerprint density at radius 1 is 1.38 bits per heavy atom. The maximum absolute atomic E-state index is 12.7. The van der Waals surface area contributed by atoms with Gasteiger partial charge in [-0.05, 0) is 26.7 Å². The summed E-state index contributed by atoms with van der Waals surface area (Å²) in [5.41, 5.74) is 0.540. The molecule has 2 heterocycles. The molecule has 1 saturated heterocycles. The van der Waals surface area contributed by atoms with Gasteiger partial charge in [-0.15, -0.1) is 11.3 Å². The normalized spacial score (nSPS) is 20.5. The largest absolute Gasteiger partial charge is 0.349 e. The number of aryl methyl sites for hydroxylation is 2. The molecule has 21 heavy (non-hydrogen) atoms. The Kier molecular flexibility index (Phi) is 4.69. The van der Waals surface area contributed by atoms with Crippen LogP contribution in [0.5, 0.6) is 0 Å². The molecule has 1 amide bonds. The van der Waals surface area contributed by atoms with Crippen LogP contribution in [0, 0.1) is 19.8 Å². The van der Waals surface area contributed by atoms with Crippen molar-refractivity contribution in [2.24, 2.45) is 5.92 Å². The van der Waals surface area contributed by atoms with E-state index in [4.69, 9.17) is 0 Å². The maximum atomic E-state index is 12.7. The predicted molar refractivity (Wildman–Crippen MR) is 81.8 cm³/mol. The van der Waals surface area contributed by atoms with Gasteiger partial charge in [0.25, 0.3) is 10.0 Å². The highest BCUT2D eigenvalue weighted by Gasteiger charge is 2.35. The smallest absolute Gasteiger partial charge is 0.254 e. The van der Waals surface area contributed by atoms with Crippen molar-refractivity contribution in [3.63, 3.8) is 0 Å². The van der Waals surface area contributed by atoms with Crippen molar-refractivity contribution in [1.29, 1.82) is 0 Å². The van der Waals surface area contributed by atoms with Gasteiger partial charge < -0.3 is 4.90 Å². The first-order valence-corrected chi connectivity index (χ1v) is 9.14. The van der Waals surface area contributed by atoms with Gasteiger partial charge in [0.1, 0.15) is 0 Å². The summed E-state index contributed by atoms with van der Waals surface area (Å²) < 4.78 is 27.2. The van der Waals surface area contributed by atoms with E-state index in [-0.39, 0.29) is 18.4 Å². The number of carbonyl (C=O) groups is 1. The second-order valence-corrected chi connectivity index (χ2v) is 8.88. The molecule has 1 unspecified atom stereocenters. The molecule has 1 aliphatic heterocycles. The molecule has 1 fully saturated rings. The third kappa shape index (κ3) is 3.27. The van der Waals surface area contributed by atoms with E-state index in [0.29, 0.717) is 22.9 Å². The van der Waals surface area contributed by atoms with Gasteiger partial charge in [-0.25, -0.2) is 13.4 Å². The SMILES string of the molecule is Cc1nc(C)c(S(=O)(=O)N2CCCC(C(=O)N(C)C)C2)s1. The highest BCUT2D eigenvalue weighted by molar-refractivity contribution is 7.91. The number of thiazole rings is 1. The zero-order chi connectivity index (χ0) is 15.8. The highest BCUT2D eigenvalue weighted by atomic mass is 32.2. The van der Waals surface area contributed by atoms with E-state index in [9.17, 15) is 13.2 Å². The molecule has 0 saturated carbocycles. The number of rotatable bonds is 3. The second-order valence-electron chi connectivity index (χ2n) is 5.54. The lowest BCUT2D eigenvalue weighted by molar-refractivity contribution is -0.134.